The second-order valence-corrected chi connectivity index (χ2v) is 8.26. The Morgan fingerprint density at radius 3 is 2.64 bits per heavy atom. The van der Waals surface area contributed by atoms with Crippen LogP contribution in [0.3, 0.4) is 0 Å². The molecule has 0 bridgehead atoms. The lowest BCUT2D eigenvalue weighted by Crippen LogP contribution is -2.27. The Morgan fingerprint density at radius 2 is 1.82 bits per heavy atom. The van der Waals surface area contributed by atoms with E-state index in [1.807, 2.05) is 11.3 Å². The van der Waals surface area contributed by atoms with Gasteiger partial charge in [-0.15, -0.1) is 11.3 Å². The van der Waals surface area contributed by atoms with E-state index in [0.717, 1.165) is 6.42 Å². The number of nitrogens with zero attached hydrogens (tertiary/aromatic N) is 1. The molecule has 1 aromatic heterocycles. The Morgan fingerprint density at radius 1 is 1.00 bits per heavy atom. The number of hydrogen-bond acceptors (Lipinski definition) is 2. The molecule has 0 spiro atoms. The normalized spacial score (nSPS) is 18.8. The number of hydrogen-bond donors (Lipinski definition) is 0. The molecule has 1 aliphatic heterocycles. The van der Waals surface area contributed by atoms with Crippen molar-refractivity contribution in [1.29, 1.82) is 0 Å². The zero-order valence-corrected chi connectivity index (χ0v) is 15.3. The molecule has 2 aromatic rings. The van der Waals surface area contributed by atoms with Crippen molar-refractivity contribution in [3.63, 3.8) is 0 Å². The highest BCUT2D eigenvalue weighted by Crippen LogP contribution is 2.40. The monoisotopic (exact) mass is 373 g/mol. The third kappa shape index (κ3) is 2.60. The first-order valence-electron chi connectivity index (χ1n) is 7.98. The molecule has 1 fully saturated rings. The van der Waals surface area contributed by atoms with Crippen LogP contribution in [0, 0.1) is 0 Å². The Labute approximate surface area is 144 Å². The van der Waals surface area contributed by atoms with Crippen LogP contribution in [0.1, 0.15) is 34.4 Å². The largest absolute Gasteiger partial charge is 0.306 e. The second kappa shape index (κ2) is 5.95. The number of halogens is 1. The van der Waals surface area contributed by atoms with Gasteiger partial charge in [0.15, 0.2) is 0 Å². The van der Waals surface area contributed by atoms with Gasteiger partial charge < -0.3 is 4.90 Å². The van der Waals surface area contributed by atoms with E-state index in [1.54, 1.807) is 16.0 Å². The van der Waals surface area contributed by atoms with Crippen molar-refractivity contribution in [1.82, 2.24) is 4.90 Å². The van der Waals surface area contributed by atoms with Crippen molar-refractivity contribution in [2.45, 2.75) is 25.7 Å². The molecule has 0 atom stereocenters. The average Bonchev–Trinajstić information content (AvgIpc) is 2.92. The fourth-order valence-electron chi connectivity index (χ4n) is 3.68. The molecule has 0 N–H and O–H groups in total. The van der Waals surface area contributed by atoms with Gasteiger partial charge in [0.1, 0.15) is 0 Å². The number of rotatable bonds is 0. The molecule has 0 unspecified atom stereocenters. The maximum absolute atomic E-state index is 3.65. The first kappa shape index (κ1) is 14.7. The zero-order chi connectivity index (χ0) is 15.1. The van der Waals surface area contributed by atoms with Gasteiger partial charge in [-0.05, 0) is 78.6 Å². The lowest BCUT2D eigenvalue weighted by atomic mass is 9.88. The number of aryl methyl sites for hydroxylation is 2. The molecule has 2 heterocycles. The SMILES string of the molecule is CN1CCC(=C2c3ccc(Br)cc3CCc3sccc32)CC1. The molecule has 3 heteroatoms. The van der Waals surface area contributed by atoms with E-state index in [0.29, 0.717) is 0 Å². The van der Waals surface area contributed by atoms with Gasteiger partial charge in [-0.1, -0.05) is 27.6 Å². The van der Waals surface area contributed by atoms with E-state index in [9.17, 15) is 0 Å². The first-order valence-corrected chi connectivity index (χ1v) is 9.66. The van der Waals surface area contributed by atoms with Crippen molar-refractivity contribution in [2.24, 2.45) is 0 Å². The van der Waals surface area contributed by atoms with Crippen molar-refractivity contribution >= 4 is 32.8 Å². The summed E-state index contributed by atoms with van der Waals surface area (Å²) in [5.41, 5.74) is 7.68. The van der Waals surface area contributed by atoms with E-state index in [4.69, 9.17) is 0 Å². The molecular weight excluding hydrogens is 354 g/mol. The average molecular weight is 374 g/mol. The summed E-state index contributed by atoms with van der Waals surface area (Å²) in [4.78, 5) is 4.01. The number of piperidine rings is 1. The third-order valence-electron chi connectivity index (χ3n) is 4.92. The topological polar surface area (TPSA) is 3.24 Å². The summed E-state index contributed by atoms with van der Waals surface area (Å²) in [5.74, 6) is 0. The number of thiophene rings is 1. The molecule has 2 aliphatic rings. The quantitative estimate of drug-likeness (QED) is 0.617. The number of likely N-dealkylation sites (tertiary alicyclic amines) is 1. The Hall–Kier alpha value is -0.900. The minimum atomic E-state index is 1.15. The van der Waals surface area contributed by atoms with Gasteiger partial charge in [0.05, 0.1) is 0 Å². The minimum Gasteiger partial charge on any atom is -0.306 e. The lowest BCUT2D eigenvalue weighted by Gasteiger charge is -2.27. The molecule has 1 saturated heterocycles. The Bertz CT molecular complexity index is 734. The fraction of sp³-hybridized carbons (Fsp3) is 0.368. The van der Waals surface area contributed by atoms with Gasteiger partial charge in [0.2, 0.25) is 0 Å². The van der Waals surface area contributed by atoms with Gasteiger partial charge in [-0.3, -0.25) is 0 Å². The van der Waals surface area contributed by atoms with Crippen molar-refractivity contribution < 1.29 is 0 Å². The van der Waals surface area contributed by atoms with Crippen LogP contribution < -0.4 is 0 Å². The molecule has 1 aliphatic carbocycles. The van der Waals surface area contributed by atoms with E-state index in [-0.39, 0.29) is 0 Å². The molecular formula is C19H20BrNS. The van der Waals surface area contributed by atoms with E-state index < -0.39 is 0 Å². The molecule has 1 nitrogen and oxygen atoms in total. The summed E-state index contributed by atoms with van der Waals surface area (Å²) in [5, 5.41) is 2.27. The fourth-order valence-corrected chi connectivity index (χ4v) is 4.98. The highest BCUT2D eigenvalue weighted by atomic mass is 79.9. The van der Waals surface area contributed by atoms with Crippen LogP contribution in [-0.4, -0.2) is 25.0 Å². The summed E-state index contributed by atoms with van der Waals surface area (Å²) in [7, 11) is 2.23. The molecule has 1 aromatic carbocycles. The minimum absolute atomic E-state index is 1.15. The van der Waals surface area contributed by atoms with Crippen LogP contribution in [0.4, 0.5) is 0 Å². The van der Waals surface area contributed by atoms with Gasteiger partial charge in [-0.2, -0.15) is 0 Å². The molecule has 114 valence electrons. The summed E-state index contributed by atoms with van der Waals surface area (Å²) in [6.07, 6.45) is 4.74. The number of benzene rings is 1. The summed E-state index contributed by atoms with van der Waals surface area (Å²) >= 11 is 5.57. The van der Waals surface area contributed by atoms with Crippen LogP contribution in [0.15, 0.2) is 39.7 Å². The molecule has 4 rings (SSSR count). The summed E-state index contributed by atoms with van der Waals surface area (Å²) < 4.78 is 1.20. The van der Waals surface area contributed by atoms with Crippen molar-refractivity contribution in [2.75, 3.05) is 20.1 Å². The maximum atomic E-state index is 3.65. The second-order valence-electron chi connectivity index (χ2n) is 6.34. The van der Waals surface area contributed by atoms with Crippen molar-refractivity contribution in [3.05, 3.63) is 61.3 Å². The van der Waals surface area contributed by atoms with Gasteiger partial charge in [0.25, 0.3) is 0 Å². The Kier molecular flexibility index (Phi) is 3.97. The van der Waals surface area contributed by atoms with Crippen LogP contribution in [-0.2, 0) is 12.8 Å². The van der Waals surface area contributed by atoms with Crippen LogP contribution in [0.5, 0.6) is 0 Å². The van der Waals surface area contributed by atoms with Crippen molar-refractivity contribution in [3.8, 4) is 0 Å². The van der Waals surface area contributed by atoms with Crippen LogP contribution in [0.2, 0.25) is 0 Å². The van der Waals surface area contributed by atoms with Crippen LogP contribution >= 0.6 is 27.3 Å². The maximum Gasteiger partial charge on any atom is 0.0178 e. The summed E-state index contributed by atoms with van der Waals surface area (Å²) in [6.45, 7) is 2.37. The van der Waals surface area contributed by atoms with E-state index >= 15 is 0 Å². The summed E-state index contributed by atoms with van der Waals surface area (Å²) in [6, 6.07) is 9.19. The van der Waals surface area contributed by atoms with Crippen LogP contribution in [0.25, 0.3) is 5.57 Å². The number of fused-ring (bicyclic) bond motifs is 2. The zero-order valence-electron chi connectivity index (χ0n) is 12.9. The molecule has 22 heavy (non-hydrogen) atoms. The highest BCUT2D eigenvalue weighted by Gasteiger charge is 2.23. The van der Waals surface area contributed by atoms with Gasteiger partial charge >= 0.3 is 0 Å². The van der Waals surface area contributed by atoms with Gasteiger partial charge in [-0.25, -0.2) is 0 Å². The van der Waals surface area contributed by atoms with E-state index in [2.05, 4.69) is 57.5 Å². The molecule has 0 radical (unpaired) electrons. The standard InChI is InChI=1S/C19H20BrNS/c1-21-9-6-13(7-10-21)19-16-4-3-15(20)12-14(16)2-5-18-17(19)8-11-22-18/h3-4,8,11-12H,2,5-7,9-10H2,1H3. The van der Waals surface area contributed by atoms with E-state index in [1.165, 1.54) is 53.5 Å². The highest BCUT2D eigenvalue weighted by molar-refractivity contribution is 9.10. The first-order chi connectivity index (χ1) is 10.7. The van der Waals surface area contributed by atoms with Gasteiger partial charge in [0, 0.05) is 22.4 Å². The molecule has 0 amide bonds. The Balaban J connectivity index is 1.92. The molecule has 0 saturated carbocycles. The predicted octanol–water partition coefficient (Wildman–Crippen LogP) is 5.14. The smallest absolute Gasteiger partial charge is 0.0178 e. The lowest BCUT2D eigenvalue weighted by molar-refractivity contribution is 0.313. The predicted molar refractivity (Wildman–Crippen MR) is 98.6 cm³/mol. The third-order valence-corrected chi connectivity index (χ3v) is 6.39.